The van der Waals surface area contributed by atoms with Crippen LogP contribution in [0.5, 0.6) is 0 Å². The summed E-state index contributed by atoms with van der Waals surface area (Å²) in [5.74, 6) is 0. The highest BCUT2D eigenvalue weighted by molar-refractivity contribution is 7.10. The number of unbranched alkanes of at least 4 members (excludes halogenated alkanes) is 2. The molecule has 1 rings (SSSR count). The Hall–Kier alpha value is -0.420. The monoisotopic (exact) mass is 256 g/mol. The number of rotatable bonds is 8. The number of aliphatic hydroxyl groups excluding tert-OH is 1. The van der Waals surface area contributed by atoms with E-state index >= 15 is 0 Å². The lowest BCUT2D eigenvalue weighted by molar-refractivity contribution is 0.238. The summed E-state index contributed by atoms with van der Waals surface area (Å²) in [5, 5.41) is 10.9. The Morgan fingerprint density at radius 2 is 2.18 bits per heavy atom. The van der Waals surface area contributed by atoms with Crippen molar-refractivity contribution in [3.05, 3.63) is 21.9 Å². The molecule has 1 aromatic rings. The molecule has 17 heavy (non-hydrogen) atoms. The van der Waals surface area contributed by atoms with Crippen molar-refractivity contribution in [2.45, 2.75) is 32.2 Å². The number of aryl methyl sites for hydroxylation is 1. The average Bonchev–Trinajstić information content (AvgIpc) is 2.72. The van der Waals surface area contributed by atoms with E-state index in [1.807, 2.05) is 0 Å². The second-order valence-electron chi connectivity index (χ2n) is 4.48. The molecule has 0 aliphatic heterocycles. The Labute approximate surface area is 108 Å². The predicted molar refractivity (Wildman–Crippen MR) is 74.4 cm³/mol. The number of aliphatic hydroxyl groups is 1. The minimum Gasteiger partial charge on any atom is -0.396 e. The molecule has 0 amide bonds. The molecule has 3 N–H and O–H groups in total. The van der Waals surface area contributed by atoms with E-state index in [-0.39, 0.29) is 0 Å². The molecule has 1 atom stereocenters. The van der Waals surface area contributed by atoms with Crippen LogP contribution in [0.1, 0.15) is 35.7 Å². The van der Waals surface area contributed by atoms with Crippen LogP contribution in [-0.2, 0) is 0 Å². The Balaban J connectivity index is 2.47. The molecule has 1 unspecified atom stereocenters. The molecule has 0 spiro atoms. The summed E-state index contributed by atoms with van der Waals surface area (Å²) >= 11 is 1.79. The summed E-state index contributed by atoms with van der Waals surface area (Å²) < 4.78 is 0. The van der Waals surface area contributed by atoms with Crippen LogP contribution in [0.2, 0.25) is 0 Å². The minimum atomic E-state index is 0.300. The zero-order valence-electron chi connectivity index (χ0n) is 10.9. The zero-order valence-corrected chi connectivity index (χ0v) is 11.7. The molecule has 98 valence electrons. The van der Waals surface area contributed by atoms with Crippen molar-refractivity contribution < 1.29 is 5.11 Å². The highest BCUT2D eigenvalue weighted by Crippen LogP contribution is 2.27. The van der Waals surface area contributed by atoms with Crippen molar-refractivity contribution in [1.82, 2.24) is 4.90 Å². The third kappa shape index (κ3) is 4.39. The van der Waals surface area contributed by atoms with Crippen molar-refractivity contribution in [1.29, 1.82) is 0 Å². The van der Waals surface area contributed by atoms with Crippen LogP contribution in [0.15, 0.2) is 11.4 Å². The number of hydrogen-bond acceptors (Lipinski definition) is 4. The number of nitrogens with zero attached hydrogens (tertiary/aromatic N) is 1. The van der Waals surface area contributed by atoms with Crippen LogP contribution in [0.4, 0.5) is 0 Å². The summed E-state index contributed by atoms with van der Waals surface area (Å²) in [7, 11) is 2.13. The zero-order chi connectivity index (χ0) is 12.7. The standard InChI is InChI=1S/C13H24N2OS/c1-11-6-9-17-13(11)12(10-14)15(2)7-4-3-5-8-16/h6,9,12,16H,3-5,7-8,10,14H2,1-2H3. The van der Waals surface area contributed by atoms with Crippen LogP contribution in [-0.4, -0.2) is 36.8 Å². The van der Waals surface area contributed by atoms with Gasteiger partial charge in [-0.3, -0.25) is 4.90 Å². The topological polar surface area (TPSA) is 49.5 Å². The van der Waals surface area contributed by atoms with E-state index in [2.05, 4.69) is 30.3 Å². The van der Waals surface area contributed by atoms with Crippen LogP contribution in [0, 0.1) is 6.92 Å². The van der Waals surface area contributed by atoms with Crippen molar-refractivity contribution >= 4 is 11.3 Å². The quantitative estimate of drug-likeness (QED) is 0.701. The molecule has 4 heteroatoms. The van der Waals surface area contributed by atoms with Crippen molar-refractivity contribution in [3.8, 4) is 0 Å². The minimum absolute atomic E-state index is 0.300. The lowest BCUT2D eigenvalue weighted by Crippen LogP contribution is -2.31. The van der Waals surface area contributed by atoms with E-state index < -0.39 is 0 Å². The summed E-state index contributed by atoms with van der Waals surface area (Å²) in [6.07, 6.45) is 3.11. The maximum atomic E-state index is 8.74. The van der Waals surface area contributed by atoms with E-state index in [0.717, 1.165) is 25.8 Å². The highest BCUT2D eigenvalue weighted by Gasteiger charge is 2.17. The second kappa shape index (κ2) is 7.82. The third-order valence-electron chi connectivity index (χ3n) is 3.13. The normalized spacial score (nSPS) is 13.2. The predicted octanol–water partition coefficient (Wildman–Crippen LogP) is 2.15. The second-order valence-corrected chi connectivity index (χ2v) is 5.43. The highest BCUT2D eigenvalue weighted by atomic mass is 32.1. The Kier molecular flexibility index (Phi) is 6.73. The van der Waals surface area contributed by atoms with Crippen LogP contribution < -0.4 is 5.73 Å². The van der Waals surface area contributed by atoms with Gasteiger partial charge in [0.25, 0.3) is 0 Å². The van der Waals surface area contributed by atoms with Crippen LogP contribution >= 0.6 is 11.3 Å². The number of thiophene rings is 1. The van der Waals surface area contributed by atoms with E-state index in [9.17, 15) is 0 Å². The van der Waals surface area contributed by atoms with Gasteiger partial charge in [0.1, 0.15) is 0 Å². The van der Waals surface area contributed by atoms with Gasteiger partial charge in [-0.25, -0.2) is 0 Å². The molecule has 0 radical (unpaired) electrons. The summed E-state index contributed by atoms with van der Waals surface area (Å²) in [4.78, 5) is 3.72. The van der Waals surface area contributed by atoms with Crippen molar-refractivity contribution in [3.63, 3.8) is 0 Å². The lowest BCUT2D eigenvalue weighted by Gasteiger charge is -2.26. The fraction of sp³-hybridized carbons (Fsp3) is 0.692. The summed E-state index contributed by atoms with van der Waals surface area (Å²) in [6.45, 7) is 4.15. The van der Waals surface area contributed by atoms with Gasteiger partial charge in [0.2, 0.25) is 0 Å². The lowest BCUT2D eigenvalue weighted by atomic mass is 10.1. The van der Waals surface area contributed by atoms with Gasteiger partial charge in [-0.05, 0) is 56.8 Å². The smallest absolute Gasteiger partial charge is 0.0564 e. The first-order valence-electron chi connectivity index (χ1n) is 6.25. The van der Waals surface area contributed by atoms with Gasteiger partial charge in [0.15, 0.2) is 0 Å². The average molecular weight is 256 g/mol. The van der Waals surface area contributed by atoms with Gasteiger partial charge >= 0.3 is 0 Å². The largest absolute Gasteiger partial charge is 0.396 e. The van der Waals surface area contributed by atoms with Gasteiger partial charge in [0, 0.05) is 18.0 Å². The number of likely N-dealkylation sites (N-methyl/N-ethyl adjacent to an activating group) is 1. The molecule has 3 nitrogen and oxygen atoms in total. The molecule has 0 aromatic carbocycles. The first kappa shape index (κ1) is 14.6. The van der Waals surface area contributed by atoms with Crippen molar-refractivity contribution in [2.75, 3.05) is 26.7 Å². The molecular weight excluding hydrogens is 232 g/mol. The maximum Gasteiger partial charge on any atom is 0.0564 e. The maximum absolute atomic E-state index is 8.74. The molecule has 0 saturated carbocycles. The molecular formula is C13H24N2OS. The van der Waals surface area contributed by atoms with E-state index in [1.54, 1.807) is 11.3 Å². The third-order valence-corrected chi connectivity index (χ3v) is 4.25. The number of hydrogen-bond donors (Lipinski definition) is 2. The Morgan fingerprint density at radius 3 is 2.71 bits per heavy atom. The van der Waals surface area contributed by atoms with Crippen molar-refractivity contribution in [2.24, 2.45) is 5.73 Å². The van der Waals surface area contributed by atoms with Gasteiger partial charge in [-0.1, -0.05) is 0 Å². The van der Waals surface area contributed by atoms with Crippen LogP contribution in [0.3, 0.4) is 0 Å². The fourth-order valence-corrected chi connectivity index (χ4v) is 3.12. The van der Waals surface area contributed by atoms with E-state index in [0.29, 0.717) is 19.2 Å². The molecule has 0 aliphatic carbocycles. The van der Waals surface area contributed by atoms with E-state index in [4.69, 9.17) is 10.8 Å². The van der Waals surface area contributed by atoms with Gasteiger partial charge in [0.05, 0.1) is 6.04 Å². The summed E-state index contributed by atoms with van der Waals surface area (Å²) in [5.41, 5.74) is 7.23. The molecule has 0 saturated heterocycles. The van der Waals surface area contributed by atoms with E-state index in [1.165, 1.54) is 10.4 Å². The fourth-order valence-electron chi connectivity index (χ4n) is 2.02. The van der Waals surface area contributed by atoms with Crippen LogP contribution in [0.25, 0.3) is 0 Å². The first-order chi connectivity index (χ1) is 8.20. The molecule has 0 aliphatic rings. The molecule has 0 bridgehead atoms. The SMILES string of the molecule is Cc1ccsc1C(CN)N(C)CCCCCO. The summed E-state index contributed by atoms with van der Waals surface area (Å²) in [6, 6.07) is 2.49. The van der Waals surface area contributed by atoms with Gasteiger partial charge in [-0.15, -0.1) is 11.3 Å². The number of nitrogens with two attached hydrogens (primary N) is 1. The Bertz CT molecular complexity index is 314. The Morgan fingerprint density at radius 1 is 1.41 bits per heavy atom. The molecule has 0 fully saturated rings. The van der Waals surface area contributed by atoms with Gasteiger partial charge in [-0.2, -0.15) is 0 Å². The van der Waals surface area contributed by atoms with Gasteiger partial charge < -0.3 is 10.8 Å². The molecule has 1 aromatic heterocycles. The molecule has 1 heterocycles. The first-order valence-corrected chi connectivity index (χ1v) is 7.13.